The van der Waals surface area contributed by atoms with Crippen molar-refractivity contribution in [2.75, 3.05) is 38.2 Å². The van der Waals surface area contributed by atoms with Crippen molar-refractivity contribution in [1.82, 2.24) is 9.88 Å². The Kier molecular flexibility index (Phi) is 4.68. The van der Waals surface area contributed by atoms with Crippen LogP contribution >= 0.6 is 0 Å². The number of carbonyl (C=O) groups excluding carboxylic acids is 1. The average molecular weight is 267 g/mol. The molecule has 1 saturated heterocycles. The summed E-state index contributed by atoms with van der Waals surface area (Å²) in [4.78, 5) is 17.7. The molecule has 0 spiro atoms. The van der Waals surface area contributed by atoms with Crippen molar-refractivity contribution < 1.29 is 13.9 Å². The van der Waals surface area contributed by atoms with E-state index in [0.717, 1.165) is 6.42 Å². The van der Waals surface area contributed by atoms with E-state index < -0.39 is 5.82 Å². The van der Waals surface area contributed by atoms with Gasteiger partial charge in [0.2, 0.25) is 0 Å². The summed E-state index contributed by atoms with van der Waals surface area (Å²) in [7, 11) is 0. The summed E-state index contributed by atoms with van der Waals surface area (Å²) < 4.78 is 19.4. The second-order valence-electron chi connectivity index (χ2n) is 4.35. The molecule has 0 aliphatic carbocycles. The Morgan fingerprint density at radius 3 is 2.95 bits per heavy atom. The van der Waals surface area contributed by atoms with Crippen LogP contribution in [0.15, 0.2) is 12.3 Å². The van der Waals surface area contributed by atoms with Crippen LogP contribution in [0.4, 0.5) is 10.2 Å². The molecule has 6 heteroatoms. The lowest BCUT2D eigenvalue weighted by atomic mass is 10.2. The van der Waals surface area contributed by atoms with E-state index in [-0.39, 0.29) is 17.3 Å². The fraction of sp³-hybridized carbons (Fsp3) is 0.538. The van der Waals surface area contributed by atoms with E-state index in [2.05, 4.69) is 10.3 Å². The molecule has 1 fully saturated rings. The van der Waals surface area contributed by atoms with Gasteiger partial charge >= 0.3 is 0 Å². The number of halogens is 1. The first-order valence-electron chi connectivity index (χ1n) is 6.49. The van der Waals surface area contributed by atoms with Gasteiger partial charge in [-0.05, 0) is 12.5 Å². The summed E-state index contributed by atoms with van der Waals surface area (Å²) in [5.74, 6) is -0.740. The highest BCUT2D eigenvalue weighted by molar-refractivity contribution is 5.95. The highest BCUT2D eigenvalue weighted by Gasteiger charge is 2.23. The third-order valence-corrected chi connectivity index (χ3v) is 2.96. The zero-order valence-corrected chi connectivity index (χ0v) is 11.0. The van der Waals surface area contributed by atoms with E-state index in [1.54, 1.807) is 4.90 Å². The zero-order valence-electron chi connectivity index (χ0n) is 11.0. The molecule has 0 unspecified atom stereocenters. The summed E-state index contributed by atoms with van der Waals surface area (Å²) in [5.41, 5.74) is 0.0653. The highest BCUT2D eigenvalue weighted by Crippen LogP contribution is 2.17. The van der Waals surface area contributed by atoms with Crippen LogP contribution in [0.2, 0.25) is 0 Å². The Labute approximate surface area is 111 Å². The lowest BCUT2D eigenvalue weighted by molar-refractivity contribution is 0.0300. The van der Waals surface area contributed by atoms with Crippen LogP contribution in [0.3, 0.4) is 0 Å². The Bertz CT molecular complexity index is 448. The number of pyridine rings is 1. The molecule has 5 nitrogen and oxygen atoms in total. The number of rotatable bonds is 4. The summed E-state index contributed by atoms with van der Waals surface area (Å²) in [6, 6.07) is 1.42. The summed E-state index contributed by atoms with van der Waals surface area (Å²) in [5, 5.41) is 2.88. The van der Waals surface area contributed by atoms with Crippen molar-refractivity contribution in [3.05, 3.63) is 23.6 Å². The molecule has 1 aromatic heterocycles. The van der Waals surface area contributed by atoms with Gasteiger partial charge in [0, 0.05) is 25.8 Å². The molecule has 2 heterocycles. The van der Waals surface area contributed by atoms with Crippen molar-refractivity contribution in [3.63, 3.8) is 0 Å². The normalized spacial score (nSPS) is 15.4. The van der Waals surface area contributed by atoms with E-state index in [1.807, 2.05) is 6.92 Å². The molecule has 1 amide bonds. The van der Waals surface area contributed by atoms with Crippen LogP contribution in [0.5, 0.6) is 0 Å². The first-order valence-corrected chi connectivity index (χ1v) is 6.49. The third kappa shape index (κ3) is 3.20. The second-order valence-corrected chi connectivity index (χ2v) is 4.35. The number of carbonyl (C=O) groups is 1. The highest BCUT2D eigenvalue weighted by atomic mass is 19.1. The van der Waals surface area contributed by atoms with Crippen molar-refractivity contribution in [2.45, 2.75) is 13.3 Å². The quantitative estimate of drug-likeness (QED) is 0.898. The van der Waals surface area contributed by atoms with Crippen molar-refractivity contribution in [1.29, 1.82) is 0 Å². The van der Waals surface area contributed by atoms with E-state index in [0.29, 0.717) is 32.8 Å². The maximum atomic E-state index is 14.2. The van der Waals surface area contributed by atoms with Crippen molar-refractivity contribution in [3.8, 4) is 0 Å². The second kappa shape index (κ2) is 6.47. The minimum absolute atomic E-state index is 0.0653. The van der Waals surface area contributed by atoms with E-state index in [9.17, 15) is 9.18 Å². The zero-order chi connectivity index (χ0) is 13.7. The molecule has 0 atom stereocenters. The predicted octanol–water partition coefficient (Wildman–Crippen LogP) is 1.51. The summed E-state index contributed by atoms with van der Waals surface area (Å²) >= 11 is 0. The molecular weight excluding hydrogens is 249 g/mol. The molecule has 0 radical (unpaired) electrons. The molecular formula is C13H18FN3O2. The lowest BCUT2D eigenvalue weighted by Crippen LogP contribution is -2.41. The molecule has 19 heavy (non-hydrogen) atoms. The van der Waals surface area contributed by atoms with Crippen LogP contribution < -0.4 is 5.32 Å². The van der Waals surface area contributed by atoms with Gasteiger partial charge in [-0.2, -0.15) is 0 Å². The molecule has 1 aliphatic heterocycles. The van der Waals surface area contributed by atoms with E-state index in [1.165, 1.54) is 12.3 Å². The van der Waals surface area contributed by atoms with Gasteiger partial charge in [0.25, 0.3) is 5.91 Å². The SMILES string of the molecule is CCCNc1nccc(C(=O)N2CCOCC2)c1F. The van der Waals surface area contributed by atoms with Crippen LogP contribution in [-0.4, -0.2) is 48.6 Å². The predicted molar refractivity (Wildman–Crippen MR) is 69.7 cm³/mol. The number of hydrogen-bond donors (Lipinski definition) is 1. The van der Waals surface area contributed by atoms with Gasteiger partial charge in [0.1, 0.15) is 0 Å². The molecule has 104 valence electrons. The standard InChI is InChI=1S/C13H18FN3O2/c1-2-4-15-12-11(14)10(3-5-16-12)13(18)17-6-8-19-9-7-17/h3,5H,2,4,6-9H2,1H3,(H,15,16). The monoisotopic (exact) mass is 267 g/mol. The topological polar surface area (TPSA) is 54.5 Å². The van der Waals surface area contributed by atoms with Gasteiger partial charge in [-0.3, -0.25) is 4.79 Å². The lowest BCUT2D eigenvalue weighted by Gasteiger charge is -2.27. The summed E-state index contributed by atoms with van der Waals surface area (Å²) in [6.45, 7) is 4.60. The Balaban J connectivity index is 2.16. The van der Waals surface area contributed by atoms with Crippen LogP contribution in [0.1, 0.15) is 23.7 Å². The van der Waals surface area contributed by atoms with Gasteiger partial charge in [-0.25, -0.2) is 9.37 Å². The number of hydrogen-bond acceptors (Lipinski definition) is 4. The van der Waals surface area contributed by atoms with Crippen LogP contribution in [0.25, 0.3) is 0 Å². The molecule has 0 bridgehead atoms. The molecule has 1 aromatic rings. The first kappa shape index (κ1) is 13.7. The number of amides is 1. The van der Waals surface area contributed by atoms with Crippen LogP contribution in [0, 0.1) is 5.82 Å². The van der Waals surface area contributed by atoms with E-state index >= 15 is 0 Å². The Hall–Kier alpha value is -1.69. The van der Waals surface area contributed by atoms with Gasteiger partial charge in [-0.1, -0.05) is 6.92 Å². The fourth-order valence-corrected chi connectivity index (χ4v) is 1.91. The molecule has 0 saturated carbocycles. The summed E-state index contributed by atoms with van der Waals surface area (Å²) in [6.07, 6.45) is 2.32. The van der Waals surface area contributed by atoms with E-state index in [4.69, 9.17) is 4.74 Å². The number of anilines is 1. The largest absolute Gasteiger partial charge is 0.378 e. The molecule has 1 N–H and O–H groups in total. The minimum Gasteiger partial charge on any atom is -0.378 e. The molecule has 1 aliphatic rings. The van der Waals surface area contributed by atoms with Crippen molar-refractivity contribution in [2.24, 2.45) is 0 Å². The number of ether oxygens (including phenoxy) is 1. The van der Waals surface area contributed by atoms with Crippen LogP contribution in [-0.2, 0) is 4.74 Å². The van der Waals surface area contributed by atoms with Gasteiger partial charge in [-0.15, -0.1) is 0 Å². The third-order valence-electron chi connectivity index (χ3n) is 2.96. The Morgan fingerprint density at radius 1 is 1.53 bits per heavy atom. The minimum atomic E-state index is -0.576. The smallest absolute Gasteiger partial charge is 0.257 e. The Morgan fingerprint density at radius 2 is 2.26 bits per heavy atom. The van der Waals surface area contributed by atoms with Gasteiger partial charge < -0.3 is 15.0 Å². The fourth-order valence-electron chi connectivity index (χ4n) is 1.91. The van der Waals surface area contributed by atoms with Crippen molar-refractivity contribution >= 4 is 11.7 Å². The van der Waals surface area contributed by atoms with Gasteiger partial charge in [0.05, 0.1) is 18.8 Å². The number of nitrogens with one attached hydrogen (secondary N) is 1. The number of morpholine rings is 1. The number of nitrogens with zero attached hydrogens (tertiary/aromatic N) is 2. The first-order chi connectivity index (χ1) is 9.24. The van der Waals surface area contributed by atoms with Gasteiger partial charge in [0.15, 0.2) is 11.6 Å². The molecule has 2 rings (SSSR count). The maximum Gasteiger partial charge on any atom is 0.257 e. The maximum absolute atomic E-state index is 14.2. The number of aromatic nitrogens is 1. The molecule has 0 aromatic carbocycles. The average Bonchev–Trinajstić information content (AvgIpc) is 2.46.